The molecule has 8 heteroatoms. The SMILES string of the molecule is O=C(NCC(=O)N1CCN(C(=O)C2COc3ccccc3O2)CC1)C1CCCCC1. The van der Waals surface area contributed by atoms with E-state index in [1.165, 1.54) is 6.42 Å². The van der Waals surface area contributed by atoms with E-state index < -0.39 is 6.10 Å². The molecule has 1 atom stereocenters. The van der Waals surface area contributed by atoms with Gasteiger partial charge in [0.05, 0.1) is 6.54 Å². The van der Waals surface area contributed by atoms with Gasteiger partial charge in [0.2, 0.25) is 17.9 Å². The molecule has 2 heterocycles. The zero-order valence-corrected chi connectivity index (χ0v) is 17.2. The summed E-state index contributed by atoms with van der Waals surface area (Å²) in [7, 11) is 0. The van der Waals surface area contributed by atoms with Gasteiger partial charge in [-0.3, -0.25) is 14.4 Å². The van der Waals surface area contributed by atoms with Gasteiger partial charge in [-0.2, -0.15) is 0 Å². The number of carbonyl (C=O) groups is 3. The molecule has 2 aliphatic heterocycles. The van der Waals surface area contributed by atoms with Gasteiger partial charge in [-0.25, -0.2) is 0 Å². The lowest BCUT2D eigenvalue weighted by molar-refractivity contribution is -0.146. The second-order valence-electron chi connectivity index (χ2n) is 8.12. The molecule has 1 N–H and O–H groups in total. The molecule has 2 fully saturated rings. The summed E-state index contributed by atoms with van der Waals surface area (Å²) in [6.45, 7) is 2.01. The summed E-state index contributed by atoms with van der Waals surface area (Å²) in [6, 6.07) is 7.30. The number of para-hydroxylation sites is 2. The lowest BCUT2D eigenvalue weighted by atomic mass is 9.89. The maximum Gasteiger partial charge on any atom is 0.267 e. The van der Waals surface area contributed by atoms with E-state index >= 15 is 0 Å². The number of benzene rings is 1. The summed E-state index contributed by atoms with van der Waals surface area (Å²) in [4.78, 5) is 40.9. The van der Waals surface area contributed by atoms with Crippen molar-refractivity contribution in [3.63, 3.8) is 0 Å². The minimum atomic E-state index is -0.670. The second kappa shape index (κ2) is 9.36. The molecule has 162 valence electrons. The number of hydrogen-bond acceptors (Lipinski definition) is 5. The summed E-state index contributed by atoms with van der Waals surface area (Å²) in [5.74, 6) is 1.03. The lowest BCUT2D eigenvalue weighted by Gasteiger charge is -2.37. The highest BCUT2D eigenvalue weighted by Crippen LogP contribution is 2.31. The maximum atomic E-state index is 12.8. The average Bonchev–Trinajstić information content (AvgIpc) is 2.82. The van der Waals surface area contributed by atoms with Gasteiger partial charge in [0.15, 0.2) is 11.5 Å². The maximum absolute atomic E-state index is 12.8. The number of fused-ring (bicyclic) bond motifs is 1. The third-order valence-corrected chi connectivity index (χ3v) is 6.12. The largest absolute Gasteiger partial charge is 0.485 e. The molecular formula is C22H29N3O5. The van der Waals surface area contributed by atoms with Gasteiger partial charge >= 0.3 is 0 Å². The Hall–Kier alpha value is -2.77. The van der Waals surface area contributed by atoms with E-state index in [2.05, 4.69) is 5.32 Å². The summed E-state index contributed by atoms with van der Waals surface area (Å²) >= 11 is 0. The van der Waals surface area contributed by atoms with Gasteiger partial charge in [-0.05, 0) is 25.0 Å². The third-order valence-electron chi connectivity index (χ3n) is 6.12. The van der Waals surface area contributed by atoms with Crippen molar-refractivity contribution in [3.05, 3.63) is 24.3 Å². The van der Waals surface area contributed by atoms with E-state index in [0.717, 1.165) is 25.7 Å². The standard InChI is InChI=1S/C22H29N3O5/c26-20(14-23-21(27)16-6-2-1-3-7-16)24-10-12-25(13-11-24)22(28)19-15-29-17-8-4-5-9-18(17)30-19/h4-5,8-9,16,19H,1-3,6-7,10-15H2,(H,23,27). The highest BCUT2D eigenvalue weighted by molar-refractivity contribution is 5.86. The number of ether oxygens (including phenoxy) is 2. The smallest absolute Gasteiger partial charge is 0.267 e. The average molecular weight is 415 g/mol. The number of amides is 3. The number of nitrogens with zero attached hydrogens (tertiary/aromatic N) is 2. The lowest BCUT2D eigenvalue weighted by Crippen LogP contribution is -2.56. The van der Waals surface area contributed by atoms with E-state index in [-0.39, 0.29) is 36.8 Å². The van der Waals surface area contributed by atoms with E-state index in [9.17, 15) is 14.4 Å². The van der Waals surface area contributed by atoms with Crippen molar-refractivity contribution < 1.29 is 23.9 Å². The van der Waals surface area contributed by atoms with Crippen molar-refractivity contribution in [1.82, 2.24) is 15.1 Å². The molecule has 3 aliphatic rings. The molecule has 0 bridgehead atoms. The zero-order chi connectivity index (χ0) is 20.9. The van der Waals surface area contributed by atoms with E-state index in [0.29, 0.717) is 37.7 Å². The van der Waals surface area contributed by atoms with Gasteiger partial charge in [0, 0.05) is 32.1 Å². The number of piperazine rings is 1. The van der Waals surface area contributed by atoms with Gasteiger partial charge in [0.1, 0.15) is 6.61 Å². The molecule has 1 saturated carbocycles. The minimum absolute atomic E-state index is 0.00778. The highest BCUT2D eigenvalue weighted by atomic mass is 16.6. The molecule has 4 rings (SSSR count). The van der Waals surface area contributed by atoms with Crippen LogP contribution in [0.25, 0.3) is 0 Å². The predicted octanol–water partition coefficient (Wildman–Crippen LogP) is 1.19. The first-order valence-corrected chi connectivity index (χ1v) is 10.8. The summed E-state index contributed by atoms with van der Waals surface area (Å²) in [5, 5.41) is 2.80. The quantitative estimate of drug-likeness (QED) is 0.798. The van der Waals surface area contributed by atoms with Crippen LogP contribution in [0.4, 0.5) is 0 Å². The summed E-state index contributed by atoms with van der Waals surface area (Å²) in [6.07, 6.45) is 4.52. The Bertz CT molecular complexity index is 785. The van der Waals surface area contributed by atoms with E-state index in [1.807, 2.05) is 18.2 Å². The Morgan fingerprint density at radius 3 is 2.33 bits per heavy atom. The first kappa shape index (κ1) is 20.5. The van der Waals surface area contributed by atoms with Crippen molar-refractivity contribution in [3.8, 4) is 11.5 Å². The monoisotopic (exact) mass is 415 g/mol. The van der Waals surface area contributed by atoms with Crippen molar-refractivity contribution >= 4 is 17.7 Å². The van der Waals surface area contributed by atoms with Crippen LogP contribution in [0.5, 0.6) is 11.5 Å². The fraction of sp³-hybridized carbons (Fsp3) is 0.591. The van der Waals surface area contributed by atoms with Crippen LogP contribution >= 0.6 is 0 Å². The Morgan fingerprint density at radius 1 is 0.933 bits per heavy atom. The minimum Gasteiger partial charge on any atom is -0.485 e. The molecule has 30 heavy (non-hydrogen) atoms. The van der Waals surface area contributed by atoms with Gasteiger partial charge in [0.25, 0.3) is 5.91 Å². The first-order valence-electron chi connectivity index (χ1n) is 10.8. The molecule has 8 nitrogen and oxygen atoms in total. The molecule has 0 spiro atoms. The van der Waals surface area contributed by atoms with E-state index in [4.69, 9.17) is 9.47 Å². The molecule has 1 saturated heterocycles. The molecule has 0 aromatic heterocycles. The fourth-order valence-electron chi connectivity index (χ4n) is 4.30. The van der Waals surface area contributed by atoms with E-state index in [1.54, 1.807) is 15.9 Å². The van der Waals surface area contributed by atoms with Crippen molar-refractivity contribution in [2.24, 2.45) is 5.92 Å². The van der Waals surface area contributed by atoms with Gasteiger partial charge < -0.3 is 24.6 Å². The molecule has 1 aromatic carbocycles. The second-order valence-corrected chi connectivity index (χ2v) is 8.12. The van der Waals surface area contributed by atoms with Crippen LogP contribution in [-0.4, -0.2) is 73.0 Å². The number of nitrogens with one attached hydrogen (secondary N) is 1. The van der Waals surface area contributed by atoms with Crippen LogP contribution in [0.1, 0.15) is 32.1 Å². The Balaban J connectivity index is 1.21. The molecule has 1 aliphatic carbocycles. The van der Waals surface area contributed by atoms with Crippen molar-refractivity contribution in [2.75, 3.05) is 39.3 Å². The molecule has 1 unspecified atom stereocenters. The number of rotatable bonds is 4. The predicted molar refractivity (Wildman–Crippen MR) is 109 cm³/mol. The Morgan fingerprint density at radius 2 is 1.60 bits per heavy atom. The summed E-state index contributed by atoms with van der Waals surface area (Å²) < 4.78 is 11.4. The number of hydrogen-bond donors (Lipinski definition) is 1. The Labute approximate surface area is 176 Å². The third kappa shape index (κ3) is 4.68. The molecule has 1 aromatic rings. The summed E-state index contributed by atoms with van der Waals surface area (Å²) in [5.41, 5.74) is 0. The molecule has 3 amide bonds. The topological polar surface area (TPSA) is 88.2 Å². The Kier molecular flexibility index (Phi) is 6.40. The highest BCUT2D eigenvalue weighted by Gasteiger charge is 2.33. The van der Waals surface area contributed by atoms with Crippen LogP contribution in [0.15, 0.2) is 24.3 Å². The van der Waals surface area contributed by atoms with Crippen LogP contribution in [0, 0.1) is 5.92 Å². The normalized spacial score (nSPS) is 21.8. The van der Waals surface area contributed by atoms with Crippen LogP contribution in [-0.2, 0) is 14.4 Å². The van der Waals surface area contributed by atoms with Crippen molar-refractivity contribution in [1.29, 1.82) is 0 Å². The van der Waals surface area contributed by atoms with Gasteiger partial charge in [-0.1, -0.05) is 31.4 Å². The molecular weight excluding hydrogens is 386 g/mol. The number of carbonyl (C=O) groups excluding carboxylic acids is 3. The van der Waals surface area contributed by atoms with Crippen molar-refractivity contribution in [2.45, 2.75) is 38.2 Å². The fourth-order valence-corrected chi connectivity index (χ4v) is 4.30. The van der Waals surface area contributed by atoms with Crippen LogP contribution in [0.2, 0.25) is 0 Å². The van der Waals surface area contributed by atoms with Crippen LogP contribution < -0.4 is 14.8 Å². The first-order chi connectivity index (χ1) is 14.6. The zero-order valence-electron chi connectivity index (χ0n) is 17.2. The van der Waals surface area contributed by atoms with Gasteiger partial charge in [-0.15, -0.1) is 0 Å². The molecule has 0 radical (unpaired) electrons. The van der Waals surface area contributed by atoms with Crippen LogP contribution in [0.3, 0.4) is 0 Å².